The molecule has 0 radical (unpaired) electrons. The molecule has 0 spiro atoms. The van der Waals surface area contributed by atoms with Crippen molar-refractivity contribution in [3.05, 3.63) is 34.3 Å². The van der Waals surface area contributed by atoms with E-state index in [9.17, 15) is 4.79 Å². The van der Waals surface area contributed by atoms with E-state index in [1.165, 1.54) is 12.8 Å². The van der Waals surface area contributed by atoms with Gasteiger partial charge in [0.2, 0.25) is 0 Å². The summed E-state index contributed by atoms with van der Waals surface area (Å²) in [6, 6.07) is 2.17. The van der Waals surface area contributed by atoms with E-state index in [1.54, 1.807) is 11.3 Å². The van der Waals surface area contributed by atoms with Crippen LogP contribution in [0.2, 0.25) is 0 Å². The first-order valence-corrected chi connectivity index (χ1v) is 7.99. The van der Waals surface area contributed by atoms with Crippen LogP contribution in [0.15, 0.2) is 23.0 Å². The molecule has 2 fully saturated rings. The Bertz CT molecular complexity index is 617. The lowest BCUT2D eigenvalue weighted by atomic mass is 10.2. The number of hydrogen-bond acceptors (Lipinski definition) is 4. The van der Waals surface area contributed by atoms with Crippen molar-refractivity contribution in [2.24, 2.45) is 0 Å². The molecule has 1 aliphatic carbocycles. The predicted octanol–water partition coefficient (Wildman–Crippen LogP) is 2.30. The molecule has 0 bridgehead atoms. The molecule has 20 heavy (non-hydrogen) atoms. The van der Waals surface area contributed by atoms with Crippen LogP contribution >= 0.6 is 11.3 Å². The van der Waals surface area contributed by atoms with Crippen molar-refractivity contribution in [2.75, 3.05) is 13.1 Å². The first kappa shape index (κ1) is 12.1. The number of aromatic nitrogens is 3. The second-order valence-electron chi connectivity index (χ2n) is 5.60. The maximum atomic E-state index is 12.3. The van der Waals surface area contributed by atoms with Crippen LogP contribution < -0.4 is 0 Å². The molecule has 2 aromatic heterocycles. The van der Waals surface area contributed by atoms with Crippen LogP contribution in [0.25, 0.3) is 0 Å². The Morgan fingerprint density at radius 2 is 2.25 bits per heavy atom. The lowest BCUT2D eigenvalue weighted by Crippen LogP contribution is -2.28. The first-order valence-electron chi connectivity index (χ1n) is 7.04. The molecule has 3 heterocycles. The van der Waals surface area contributed by atoms with E-state index >= 15 is 0 Å². The molecule has 5 nitrogen and oxygen atoms in total. The standard InChI is InChI=1S/C14H16N4OS/c19-14(11-4-6-20-9-11)17-5-3-12(7-17)18-8-13(15-16-18)10-1-2-10/h4,6,8-10,12H,1-3,5,7H2/t12-/m1/s1. The maximum Gasteiger partial charge on any atom is 0.254 e. The van der Waals surface area contributed by atoms with Crippen LogP contribution in [-0.2, 0) is 0 Å². The Kier molecular flexibility index (Phi) is 2.84. The molecule has 1 saturated heterocycles. The van der Waals surface area contributed by atoms with Crippen molar-refractivity contribution >= 4 is 17.2 Å². The smallest absolute Gasteiger partial charge is 0.254 e. The lowest BCUT2D eigenvalue weighted by Gasteiger charge is -2.15. The van der Waals surface area contributed by atoms with Gasteiger partial charge in [-0.15, -0.1) is 5.10 Å². The third-order valence-electron chi connectivity index (χ3n) is 4.12. The number of rotatable bonds is 3. The molecular weight excluding hydrogens is 272 g/mol. The number of hydrogen-bond donors (Lipinski definition) is 0. The first-order chi connectivity index (χ1) is 9.81. The summed E-state index contributed by atoms with van der Waals surface area (Å²) in [7, 11) is 0. The number of likely N-dealkylation sites (tertiary alicyclic amines) is 1. The quantitative estimate of drug-likeness (QED) is 0.871. The Balaban J connectivity index is 1.45. The molecule has 1 amide bonds. The second kappa shape index (κ2) is 4.70. The minimum atomic E-state index is 0.135. The van der Waals surface area contributed by atoms with E-state index in [0.717, 1.165) is 30.8 Å². The van der Waals surface area contributed by atoms with Gasteiger partial charge in [-0.3, -0.25) is 4.79 Å². The van der Waals surface area contributed by atoms with E-state index in [2.05, 4.69) is 16.5 Å². The summed E-state index contributed by atoms with van der Waals surface area (Å²) >= 11 is 1.56. The summed E-state index contributed by atoms with van der Waals surface area (Å²) in [6.07, 6.45) is 5.52. The fraction of sp³-hybridized carbons (Fsp3) is 0.500. The van der Waals surface area contributed by atoms with E-state index in [-0.39, 0.29) is 11.9 Å². The normalized spacial score (nSPS) is 22.4. The fourth-order valence-corrected chi connectivity index (χ4v) is 3.38. The third kappa shape index (κ3) is 2.14. The van der Waals surface area contributed by atoms with E-state index in [1.807, 2.05) is 26.4 Å². The van der Waals surface area contributed by atoms with Crippen LogP contribution in [0.4, 0.5) is 0 Å². The summed E-state index contributed by atoms with van der Waals surface area (Å²) in [5.74, 6) is 0.768. The highest BCUT2D eigenvalue weighted by atomic mass is 32.1. The van der Waals surface area contributed by atoms with E-state index in [4.69, 9.17) is 0 Å². The van der Waals surface area contributed by atoms with Crippen molar-refractivity contribution in [1.82, 2.24) is 19.9 Å². The lowest BCUT2D eigenvalue weighted by molar-refractivity contribution is 0.0787. The minimum absolute atomic E-state index is 0.135. The molecular formula is C14H16N4OS. The maximum absolute atomic E-state index is 12.3. The van der Waals surface area contributed by atoms with Crippen molar-refractivity contribution < 1.29 is 4.79 Å². The number of nitrogens with zero attached hydrogens (tertiary/aromatic N) is 4. The topological polar surface area (TPSA) is 51.0 Å². The predicted molar refractivity (Wildman–Crippen MR) is 75.9 cm³/mol. The molecule has 2 aromatic rings. The Hall–Kier alpha value is -1.69. The molecule has 1 aliphatic heterocycles. The van der Waals surface area contributed by atoms with Crippen molar-refractivity contribution in [3.8, 4) is 0 Å². The molecule has 1 saturated carbocycles. The largest absolute Gasteiger partial charge is 0.336 e. The van der Waals surface area contributed by atoms with Crippen LogP contribution in [-0.4, -0.2) is 38.9 Å². The van der Waals surface area contributed by atoms with Gasteiger partial charge in [0.15, 0.2) is 0 Å². The van der Waals surface area contributed by atoms with Crippen LogP contribution in [0.3, 0.4) is 0 Å². The van der Waals surface area contributed by atoms with Crippen LogP contribution in [0.5, 0.6) is 0 Å². The van der Waals surface area contributed by atoms with Crippen LogP contribution in [0.1, 0.15) is 47.3 Å². The summed E-state index contributed by atoms with van der Waals surface area (Å²) in [6.45, 7) is 1.54. The Morgan fingerprint density at radius 3 is 3.00 bits per heavy atom. The molecule has 0 unspecified atom stereocenters. The number of thiophene rings is 1. The molecule has 0 aromatic carbocycles. The zero-order chi connectivity index (χ0) is 13.5. The number of amides is 1. The van der Waals surface area contributed by atoms with Gasteiger partial charge in [0, 0.05) is 30.6 Å². The summed E-state index contributed by atoms with van der Waals surface area (Å²) < 4.78 is 1.95. The highest BCUT2D eigenvalue weighted by Crippen LogP contribution is 2.39. The molecule has 0 N–H and O–H groups in total. The fourth-order valence-electron chi connectivity index (χ4n) is 2.75. The summed E-state index contributed by atoms with van der Waals surface area (Å²) in [5, 5.41) is 12.4. The van der Waals surface area contributed by atoms with Gasteiger partial charge in [0.25, 0.3) is 5.91 Å². The zero-order valence-corrected chi connectivity index (χ0v) is 11.9. The molecule has 4 rings (SSSR count). The average Bonchev–Trinajstić information content (AvgIpc) is 2.98. The summed E-state index contributed by atoms with van der Waals surface area (Å²) in [5.41, 5.74) is 1.92. The highest BCUT2D eigenvalue weighted by Gasteiger charge is 2.31. The number of carbonyl (C=O) groups excluding carboxylic acids is 1. The minimum Gasteiger partial charge on any atom is -0.336 e. The number of carbonyl (C=O) groups is 1. The van der Waals surface area contributed by atoms with Gasteiger partial charge in [-0.1, -0.05) is 5.21 Å². The van der Waals surface area contributed by atoms with E-state index in [0.29, 0.717) is 5.92 Å². The van der Waals surface area contributed by atoms with Gasteiger partial charge in [-0.2, -0.15) is 11.3 Å². The zero-order valence-electron chi connectivity index (χ0n) is 11.1. The van der Waals surface area contributed by atoms with Gasteiger partial charge in [0.1, 0.15) is 0 Å². The molecule has 1 atom stereocenters. The van der Waals surface area contributed by atoms with E-state index < -0.39 is 0 Å². The average molecular weight is 288 g/mol. The highest BCUT2D eigenvalue weighted by molar-refractivity contribution is 7.08. The van der Waals surface area contributed by atoms with Crippen molar-refractivity contribution in [1.29, 1.82) is 0 Å². The van der Waals surface area contributed by atoms with Gasteiger partial charge >= 0.3 is 0 Å². The van der Waals surface area contributed by atoms with Gasteiger partial charge in [-0.25, -0.2) is 4.68 Å². The van der Waals surface area contributed by atoms with Gasteiger partial charge < -0.3 is 4.90 Å². The van der Waals surface area contributed by atoms with Crippen molar-refractivity contribution in [3.63, 3.8) is 0 Å². The Labute approximate surface area is 121 Å². The van der Waals surface area contributed by atoms with Gasteiger partial charge in [-0.05, 0) is 30.7 Å². The SMILES string of the molecule is O=C(c1ccsc1)N1CC[C@@H](n2cc(C3CC3)nn2)C1. The van der Waals surface area contributed by atoms with Crippen molar-refractivity contribution in [2.45, 2.75) is 31.2 Å². The summed E-state index contributed by atoms with van der Waals surface area (Å²) in [4.78, 5) is 14.2. The van der Waals surface area contributed by atoms with Crippen LogP contribution in [0, 0.1) is 0 Å². The Morgan fingerprint density at radius 1 is 1.35 bits per heavy atom. The monoisotopic (exact) mass is 288 g/mol. The molecule has 6 heteroatoms. The second-order valence-corrected chi connectivity index (χ2v) is 6.38. The molecule has 2 aliphatic rings. The molecule has 104 valence electrons. The third-order valence-corrected chi connectivity index (χ3v) is 4.80. The van der Waals surface area contributed by atoms with Gasteiger partial charge in [0.05, 0.1) is 17.3 Å².